The van der Waals surface area contributed by atoms with Crippen LogP contribution < -0.4 is 10.1 Å². The average molecular weight is 284 g/mol. The number of aromatic nitrogens is 2. The molecule has 2 aromatic rings. The molecule has 21 heavy (non-hydrogen) atoms. The van der Waals surface area contributed by atoms with E-state index in [-0.39, 0.29) is 5.91 Å². The van der Waals surface area contributed by atoms with Crippen LogP contribution in [0.15, 0.2) is 36.7 Å². The van der Waals surface area contributed by atoms with Crippen molar-refractivity contribution in [2.45, 2.75) is 6.54 Å². The van der Waals surface area contributed by atoms with E-state index in [1.807, 2.05) is 24.3 Å². The molecule has 2 heterocycles. The molecule has 6 heteroatoms. The molecule has 1 aromatic heterocycles. The van der Waals surface area contributed by atoms with Crippen molar-refractivity contribution in [2.75, 3.05) is 25.5 Å². The van der Waals surface area contributed by atoms with Gasteiger partial charge in [-0.1, -0.05) is 18.2 Å². The number of fused-ring (bicyclic) bond motifs is 1. The molecule has 1 amide bonds. The van der Waals surface area contributed by atoms with Gasteiger partial charge >= 0.3 is 0 Å². The van der Waals surface area contributed by atoms with Gasteiger partial charge in [0.05, 0.1) is 18.9 Å². The van der Waals surface area contributed by atoms with Gasteiger partial charge in [0, 0.05) is 19.2 Å². The van der Waals surface area contributed by atoms with Crippen molar-refractivity contribution in [2.24, 2.45) is 0 Å². The van der Waals surface area contributed by atoms with E-state index in [0.29, 0.717) is 31.2 Å². The van der Waals surface area contributed by atoms with Crippen LogP contribution in [0.25, 0.3) is 0 Å². The molecule has 0 bridgehead atoms. The Morgan fingerprint density at radius 2 is 2.19 bits per heavy atom. The fourth-order valence-electron chi connectivity index (χ4n) is 2.25. The van der Waals surface area contributed by atoms with Crippen LogP contribution >= 0.6 is 0 Å². The lowest BCUT2D eigenvalue weighted by Crippen LogP contribution is -2.33. The molecule has 0 spiro atoms. The summed E-state index contributed by atoms with van der Waals surface area (Å²) in [5, 5.41) is 2.88. The Morgan fingerprint density at radius 3 is 3.05 bits per heavy atom. The number of rotatable bonds is 2. The first-order valence-corrected chi connectivity index (χ1v) is 6.77. The Kier molecular flexibility index (Phi) is 3.68. The van der Waals surface area contributed by atoms with Crippen molar-refractivity contribution in [3.05, 3.63) is 47.9 Å². The summed E-state index contributed by atoms with van der Waals surface area (Å²) < 4.78 is 5.67. The van der Waals surface area contributed by atoms with Crippen LogP contribution in [0.5, 0.6) is 5.75 Å². The number of ether oxygens (including phenoxy) is 1. The number of hydrogen-bond donors (Lipinski definition) is 1. The monoisotopic (exact) mass is 284 g/mol. The van der Waals surface area contributed by atoms with Gasteiger partial charge in [-0.05, 0) is 6.07 Å². The molecule has 1 aliphatic heterocycles. The van der Waals surface area contributed by atoms with E-state index < -0.39 is 0 Å². The summed E-state index contributed by atoms with van der Waals surface area (Å²) in [4.78, 5) is 22.6. The van der Waals surface area contributed by atoms with Crippen LogP contribution in [0, 0.1) is 0 Å². The van der Waals surface area contributed by atoms with Crippen LogP contribution in [0.2, 0.25) is 0 Å². The minimum atomic E-state index is -0.139. The quantitative estimate of drug-likeness (QED) is 0.906. The van der Waals surface area contributed by atoms with Crippen LogP contribution in [-0.2, 0) is 6.54 Å². The number of hydrogen-bond acceptors (Lipinski definition) is 5. The number of anilines is 1. The second-order valence-electron chi connectivity index (χ2n) is 4.72. The Bertz CT molecular complexity index is 660. The van der Waals surface area contributed by atoms with Gasteiger partial charge in [-0.15, -0.1) is 0 Å². The molecule has 6 nitrogen and oxygen atoms in total. The van der Waals surface area contributed by atoms with Crippen molar-refractivity contribution in [1.29, 1.82) is 0 Å². The van der Waals surface area contributed by atoms with E-state index in [2.05, 4.69) is 15.3 Å². The highest BCUT2D eigenvalue weighted by atomic mass is 16.5. The van der Waals surface area contributed by atoms with E-state index >= 15 is 0 Å². The van der Waals surface area contributed by atoms with Crippen molar-refractivity contribution < 1.29 is 9.53 Å². The van der Waals surface area contributed by atoms with Gasteiger partial charge in [-0.3, -0.25) is 9.78 Å². The highest BCUT2D eigenvalue weighted by Crippen LogP contribution is 2.23. The Labute approximate surface area is 122 Å². The lowest BCUT2D eigenvalue weighted by Gasteiger charge is -2.19. The van der Waals surface area contributed by atoms with Gasteiger partial charge in [0.2, 0.25) is 0 Å². The van der Waals surface area contributed by atoms with Gasteiger partial charge in [-0.2, -0.15) is 0 Å². The zero-order chi connectivity index (χ0) is 14.7. The molecule has 3 rings (SSSR count). The maximum Gasteiger partial charge on any atom is 0.274 e. The number of nitrogens with zero attached hydrogens (tertiary/aromatic N) is 3. The number of benzene rings is 1. The summed E-state index contributed by atoms with van der Waals surface area (Å²) >= 11 is 0. The Morgan fingerprint density at radius 1 is 1.33 bits per heavy atom. The van der Waals surface area contributed by atoms with E-state index in [1.54, 1.807) is 18.1 Å². The van der Waals surface area contributed by atoms with Gasteiger partial charge in [-0.25, -0.2) is 4.98 Å². The maximum absolute atomic E-state index is 12.6. The molecule has 0 saturated heterocycles. The lowest BCUT2D eigenvalue weighted by molar-refractivity contribution is 0.0727. The molecule has 1 aromatic carbocycles. The number of amides is 1. The van der Waals surface area contributed by atoms with E-state index in [4.69, 9.17) is 4.74 Å². The van der Waals surface area contributed by atoms with Crippen LogP contribution in [0.4, 0.5) is 5.82 Å². The zero-order valence-electron chi connectivity index (χ0n) is 11.7. The lowest BCUT2D eigenvalue weighted by atomic mass is 10.2. The molecule has 0 aliphatic carbocycles. The second-order valence-corrected chi connectivity index (χ2v) is 4.72. The first-order chi connectivity index (χ1) is 10.3. The van der Waals surface area contributed by atoms with E-state index in [1.165, 1.54) is 6.20 Å². The first-order valence-electron chi connectivity index (χ1n) is 6.77. The smallest absolute Gasteiger partial charge is 0.274 e. The van der Waals surface area contributed by atoms with Crippen molar-refractivity contribution in [1.82, 2.24) is 14.9 Å². The first kappa shape index (κ1) is 13.4. The molecule has 0 unspecified atom stereocenters. The summed E-state index contributed by atoms with van der Waals surface area (Å²) in [5.74, 6) is 1.27. The molecular weight excluding hydrogens is 268 g/mol. The third kappa shape index (κ3) is 2.79. The standard InChI is InChI=1S/C15H16N4O2/c1-16-14-9-17-8-12(18-14)15(20)19-6-7-21-13-5-3-2-4-11(13)10-19/h2-5,8-9H,6-7,10H2,1H3,(H,16,18). The van der Waals surface area contributed by atoms with Crippen LogP contribution in [-0.4, -0.2) is 41.0 Å². The number of carbonyl (C=O) groups is 1. The topological polar surface area (TPSA) is 67.4 Å². The van der Waals surface area contributed by atoms with Crippen LogP contribution in [0.3, 0.4) is 0 Å². The van der Waals surface area contributed by atoms with Crippen LogP contribution in [0.1, 0.15) is 16.1 Å². The molecule has 108 valence electrons. The SMILES string of the molecule is CNc1cncc(C(=O)N2CCOc3ccccc3C2)n1. The summed E-state index contributed by atoms with van der Waals surface area (Å²) in [6.07, 6.45) is 3.07. The molecule has 1 aliphatic rings. The highest BCUT2D eigenvalue weighted by Gasteiger charge is 2.22. The van der Waals surface area contributed by atoms with E-state index in [9.17, 15) is 4.79 Å². The summed E-state index contributed by atoms with van der Waals surface area (Å²) in [6, 6.07) is 7.76. The maximum atomic E-state index is 12.6. The summed E-state index contributed by atoms with van der Waals surface area (Å²) in [5.41, 5.74) is 1.34. The fraction of sp³-hybridized carbons (Fsp3) is 0.267. The average Bonchev–Trinajstić information content (AvgIpc) is 2.76. The molecule has 1 N–H and O–H groups in total. The molecule has 0 saturated carbocycles. The second kappa shape index (κ2) is 5.78. The van der Waals surface area contributed by atoms with Gasteiger partial charge < -0.3 is 15.0 Å². The summed E-state index contributed by atoms with van der Waals surface area (Å²) in [6.45, 7) is 1.52. The normalized spacial score (nSPS) is 13.9. The minimum absolute atomic E-state index is 0.139. The molecule has 0 atom stereocenters. The molecular formula is C15H16N4O2. The predicted octanol–water partition coefficient (Wildman–Crippen LogP) is 1.55. The third-order valence-corrected chi connectivity index (χ3v) is 3.35. The highest BCUT2D eigenvalue weighted by molar-refractivity contribution is 5.92. The Balaban J connectivity index is 1.84. The van der Waals surface area contributed by atoms with Gasteiger partial charge in [0.15, 0.2) is 0 Å². The molecule has 0 radical (unpaired) electrons. The minimum Gasteiger partial charge on any atom is -0.491 e. The number of carbonyl (C=O) groups excluding carboxylic acids is 1. The van der Waals surface area contributed by atoms with Crippen molar-refractivity contribution in [3.63, 3.8) is 0 Å². The van der Waals surface area contributed by atoms with E-state index in [0.717, 1.165) is 11.3 Å². The van der Waals surface area contributed by atoms with Crippen molar-refractivity contribution >= 4 is 11.7 Å². The Hall–Kier alpha value is -2.63. The predicted molar refractivity (Wildman–Crippen MR) is 78.3 cm³/mol. The van der Waals surface area contributed by atoms with Crippen molar-refractivity contribution in [3.8, 4) is 5.75 Å². The molecule has 0 fully saturated rings. The van der Waals surface area contributed by atoms with Gasteiger partial charge in [0.1, 0.15) is 23.9 Å². The van der Waals surface area contributed by atoms with Gasteiger partial charge in [0.25, 0.3) is 5.91 Å². The third-order valence-electron chi connectivity index (χ3n) is 3.35. The zero-order valence-corrected chi connectivity index (χ0v) is 11.7. The number of para-hydroxylation sites is 1. The fourth-order valence-corrected chi connectivity index (χ4v) is 2.25. The number of nitrogens with one attached hydrogen (secondary N) is 1. The largest absolute Gasteiger partial charge is 0.491 e. The summed E-state index contributed by atoms with van der Waals surface area (Å²) in [7, 11) is 1.74.